The third-order valence-corrected chi connectivity index (χ3v) is 2.54. The van der Waals surface area contributed by atoms with Gasteiger partial charge in [-0.15, -0.1) is 0 Å². The first-order valence-corrected chi connectivity index (χ1v) is 4.93. The maximum absolute atomic E-state index is 11.3. The number of nitrogens with zero attached hydrogens (tertiary/aromatic N) is 1. The van der Waals surface area contributed by atoms with Crippen LogP contribution in [0, 0.1) is 0 Å². The lowest BCUT2D eigenvalue weighted by molar-refractivity contribution is -0.137. The number of rotatable bonds is 4. The number of carboxylic acid groups (broad SMARTS) is 1. The summed E-state index contributed by atoms with van der Waals surface area (Å²) in [5, 5.41) is 8.70. The monoisotopic (exact) mass is 225 g/mol. The molecule has 0 aliphatic rings. The van der Waals surface area contributed by atoms with Crippen LogP contribution in [0.25, 0.3) is 0 Å². The maximum Gasteiger partial charge on any atom is 0.354 e. The van der Waals surface area contributed by atoms with E-state index in [0.717, 1.165) is 5.69 Å². The van der Waals surface area contributed by atoms with E-state index in [1.54, 1.807) is 23.7 Å². The first-order chi connectivity index (χ1) is 7.47. The van der Waals surface area contributed by atoms with Crippen LogP contribution in [0.1, 0.15) is 35.4 Å². The lowest BCUT2D eigenvalue weighted by Gasteiger charge is -2.11. The fourth-order valence-electron chi connectivity index (χ4n) is 1.70. The molecule has 0 spiro atoms. The van der Waals surface area contributed by atoms with Gasteiger partial charge in [-0.2, -0.15) is 0 Å². The van der Waals surface area contributed by atoms with Crippen LogP contribution in [-0.2, 0) is 16.6 Å². The number of hydrogen-bond donors (Lipinski definition) is 1. The molecule has 0 bridgehead atoms. The minimum Gasteiger partial charge on any atom is -0.481 e. The summed E-state index contributed by atoms with van der Waals surface area (Å²) in [5.41, 5.74) is 1.23. The number of carboxylic acids is 1. The van der Waals surface area contributed by atoms with Gasteiger partial charge in [-0.05, 0) is 12.1 Å². The second kappa shape index (κ2) is 4.83. The van der Waals surface area contributed by atoms with Crippen LogP contribution in [0.5, 0.6) is 0 Å². The maximum atomic E-state index is 11.3. The van der Waals surface area contributed by atoms with Crippen LogP contribution < -0.4 is 0 Å². The highest BCUT2D eigenvalue weighted by molar-refractivity contribution is 5.87. The molecule has 1 atom stereocenters. The van der Waals surface area contributed by atoms with Crippen LogP contribution in [0.3, 0.4) is 0 Å². The number of carbonyl (C=O) groups is 2. The van der Waals surface area contributed by atoms with Gasteiger partial charge in [-0.1, -0.05) is 6.92 Å². The average molecular weight is 225 g/mol. The van der Waals surface area contributed by atoms with Gasteiger partial charge in [0.15, 0.2) is 0 Å². The molecule has 1 heterocycles. The lowest BCUT2D eigenvalue weighted by Crippen LogP contribution is -2.12. The number of carbonyl (C=O) groups excluding carboxylic acids is 1. The van der Waals surface area contributed by atoms with Crippen molar-refractivity contribution >= 4 is 11.9 Å². The van der Waals surface area contributed by atoms with Gasteiger partial charge in [0.25, 0.3) is 0 Å². The van der Waals surface area contributed by atoms with Gasteiger partial charge in [-0.3, -0.25) is 4.79 Å². The third-order valence-electron chi connectivity index (χ3n) is 2.54. The molecule has 1 rings (SSSR count). The van der Waals surface area contributed by atoms with Gasteiger partial charge in [0.05, 0.1) is 13.5 Å². The molecule has 0 fully saturated rings. The van der Waals surface area contributed by atoms with Crippen molar-refractivity contribution in [3.05, 3.63) is 23.5 Å². The summed E-state index contributed by atoms with van der Waals surface area (Å²) < 4.78 is 6.28. The number of aliphatic carboxylic acids is 1. The van der Waals surface area contributed by atoms with Crippen LogP contribution in [0.15, 0.2) is 12.1 Å². The summed E-state index contributed by atoms with van der Waals surface area (Å²) in [7, 11) is 3.04. The number of ether oxygens (including phenoxy) is 1. The zero-order valence-electron chi connectivity index (χ0n) is 9.56. The van der Waals surface area contributed by atoms with Crippen molar-refractivity contribution in [2.75, 3.05) is 7.11 Å². The molecule has 0 amide bonds. The topological polar surface area (TPSA) is 68.5 Å². The summed E-state index contributed by atoms with van der Waals surface area (Å²) in [5.74, 6) is -1.41. The minimum absolute atomic E-state index is 0.0401. The Hall–Kier alpha value is -1.78. The molecule has 1 aromatic rings. The number of aromatic nitrogens is 1. The standard InChI is InChI=1S/C11H15NO4/c1-7(6-10(13)14)8-4-5-9(12(8)2)11(15)16-3/h4-5,7H,6H2,1-3H3,(H,13,14). The fraction of sp³-hybridized carbons (Fsp3) is 0.455. The van der Waals surface area contributed by atoms with E-state index in [2.05, 4.69) is 4.74 Å². The second-order valence-electron chi connectivity index (χ2n) is 3.69. The predicted molar refractivity (Wildman–Crippen MR) is 57.4 cm³/mol. The normalized spacial score (nSPS) is 12.2. The SMILES string of the molecule is COC(=O)c1ccc(C(C)CC(=O)O)n1C. The highest BCUT2D eigenvalue weighted by atomic mass is 16.5. The van der Waals surface area contributed by atoms with E-state index in [1.807, 2.05) is 6.92 Å². The Balaban J connectivity index is 2.95. The van der Waals surface area contributed by atoms with Crippen molar-refractivity contribution in [2.24, 2.45) is 7.05 Å². The molecule has 0 radical (unpaired) electrons. The van der Waals surface area contributed by atoms with Crippen molar-refractivity contribution in [2.45, 2.75) is 19.3 Å². The molecule has 0 saturated carbocycles. The van der Waals surface area contributed by atoms with Crippen LogP contribution >= 0.6 is 0 Å². The van der Waals surface area contributed by atoms with Gasteiger partial charge >= 0.3 is 11.9 Å². The number of hydrogen-bond acceptors (Lipinski definition) is 3. The van der Waals surface area contributed by atoms with Crippen LogP contribution in [0.4, 0.5) is 0 Å². The minimum atomic E-state index is -0.853. The molecule has 0 aliphatic carbocycles. The van der Waals surface area contributed by atoms with E-state index < -0.39 is 11.9 Å². The third kappa shape index (κ3) is 2.42. The summed E-state index contributed by atoms with van der Waals surface area (Å²) in [6, 6.07) is 3.39. The smallest absolute Gasteiger partial charge is 0.354 e. The highest BCUT2D eigenvalue weighted by Gasteiger charge is 2.18. The molecular formula is C11H15NO4. The van der Waals surface area contributed by atoms with Crippen molar-refractivity contribution in [3.8, 4) is 0 Å². The molecule has 16 heavy (non-hydrogen) atoms. The Kier molecular flexibility index (Phi) is 3.71. The zero-order chi connectivity index (χ0) is 12.3. The van der Waals surface area contributed by atoms with Crippen molar-refractivity contribution in [1.82, 2.24) is 4.57 Å². The summed E-state index contributed by atoms with van der Waals surface area (Å²) in [6.07, 6.45) is 0.0401. The fourth-order valence-corrected chi connectivity index (χ4v) is 1.70. The highest BCUT2D eigenvalue weighted by Crippen LogP contribution is 2.21. The lowest BCUT2D eigenvalue weighted by atomic mass is 10.0. The first-order valence-electron chi connectivity index (χ1n) is 4.93. The Morgan fingerprint density at radius 2 is 2.12 bits per heavy atom. The Bertz CT molecular complexity index is 408. The molecule has 0 aliphatic heterocycles. The number of esters is 1. The molecule has 5 heteroatoms. The quantitative estimate of drug-likeness (QED) is 0.786. The molecule has 1 unspecified atom stereocenters. The molecule has 88 valence electrons. The largest absolute Gasteiger partial charge is 0.481 e. The summed E-state index contributed by atoms with van der Waals surface area (Å²) in [4.78, 5) is 21.9. The predicted octanol–water partition coefficient (Wildman–Crippen LogP) is 1.39. The van der Waals surface area contributed by atoms with Crippen molar-refractivity contribution in [3.63, 3.8) is 0 Å². The molecule has 1 aromatic heterocycles. The van der Waals surface area contributed by atoms with E-state index in [4.69, 9.17) is 5.11 Å². The number of methoxy groups -OCH3 is 1. The molecule has 0 saturated heterocycles. The van der Waals surface area contributed by atoms with E-state index in [0.29, 0.717) is 5.69 Å². The van der Waals surface area contributed by atoms with E-state index >= 15 is 0 Å². The summed E-state index contributed by atoms with van der Waals surface area (Å²) >= 11 is 0. The first kappa shape index (κ1) is 12.3. The molecular weight excluding hydrogens is 210 g/mol. The zero-order valence-corrected chi connectivity index (χ0v) is 9.56. The van der Waals surface area contributed by atoms with Crippen LogP contribution in [0.2, 0.25) is 0 Å². The Morgan fingerprint density at radius 1 is 1.50 bits per heavy atom. The van der Waals surface area contributed by atoms with Gasteiger partial charge in [0.1, 0.15) is 5.69 Å². The van der Waals surface area contributed by atoms with Gasteiger partial charge < -0.3 is 14.4 Å². The van der Waals surface area contributed by atoms with Gasteiger partial charge in [0.2, 0.25) is 0 Å². The Labute approximate surface area is 93.6 Å². The van der Waals surface area contributed by atoms with E-state index in [-0.39, 0.29) is 12.3 Å². The van der Waals surface area contributed by atoms with Crippen LogP contribution in [-0.4, -0.2) is 28.7 Å². The van der Waals surface area contributed by atoms with Gasteiger partial charge in [0, 0.05) is 18.7 Å². The van der Waals surface area contributed by atoms with E-state index in [1.165, 1.54) is 7.11 Å². The average Bonchev–Trinajstić information content (AvgIpc) is 2.58. The van der Waals surface area contributed by atoms with Crippen molar-refractivity contribution in [1.29, 1.82) is 0 Å². The summed E-state index contributed by atoms with van der Waals surface area (Å²) in [6.45, 7) is 1.81. The van der Waals surface area contributed by atoms with Crippen molar-refractivity contribution < 1.29 is 19.4 Å². The van der Waals surface area contributed by atoms with E-state index in [9.17, 15) is 9.59 Å². The van der Waals surface area contributed by atoms with Gasteiger partial charge in [-0.25, -0.2) is 4.79 Å². The molecule has 5 nitrogen and oxygen atoms in total. The Morgan fingerprint density at radius 3 is 2.62 bits per heavy atom. The molecule has 1 N–H and O–H groups in total. The second-order valence-corrected chi connectivity index (χ2v) is 3.69. The molecule has 0 aromatic carbocycles.